The zero-order valence-electron chi connectivity index (χ0n) is 15.3. The van der Waals surface area contributed by atoms with Crippen molar-refractivity contribution < 1.29 is 19.7 Å². The van der Waals surface area contributed by atoms with Crippen LogP contribution in [0.1, 0.15) is 73.9 Å². The summed E-state index contributed by atoms with van der Waals surface area (Å²) in [6, 6.07) is 3.50. The second-order valence-corrected chi connectivity index (χ2v) is 7.81. The van der Waals surface area contributed by atoms with Crippen LogP contribution in [0.25, 0.3) is 0 Å². The predicted molar refractivity (Wildman–Crippen MR) is 96.8 cm³/mol. The first-order valence-corrected chi connectivity index (χ1v) is 9.27. The average molecular weight is 344 g/mol. The smallest absolute Gasteiger partial charge is 0.154 e. The van der Waals surface area contributed by atoms with Crippen molar-refractivity contribution in [1.82, 2.24) is 0 Å². The van der Waals surface area contributed by atoms with Crippen molar-refractivity contribution in [1.29, 1.82) is 0 Å². The Morgan fingerprint density at radius 2 is 2.12 bits per heavy atom. The van der Waals surface area contributed by atoms with Gasteiger partial charge in [-0.15, -0.1) is 0 Å². The number of aliphatic hydroxyl groups excluding tert-OH is 1. The largest absolute Gasteiger partial charge is 0.507 e. The predicted octanol–water partition coefficient (Wildman–Crippen LogP) is 4.09. The highest BCUT2D eigenvalue weighted by atomic mass is 16.5. The maximum absolute atomic E-state index is 11.6. The Kier molecular flexibility index (Phi) is 4.92. The molecule has 4 nitrogen and oxygen atoms in total. The molecule has 3 unspecified atom stereocenters. The molecule has 2 aliphatic rings. The fraction of sp³-hybridized carbons (Fsp3) is 0.571. The number of carbonyl (C=O) groups is 1. The van der Waals surface area contributed by atoms with E-state index in [0.29, 0.717) is 17.7 Å². The quantitative estimate of drug-likeness (QED) is 0.602. The molecule has 4 heteroatoms. The molecule has 3 atom stereocenters. The number of aliphatic hydroxyl groups is 1. The number of allylic oxidation sites excluding steroid dienone is 1. The first kappa shape index (κ1) is 18.0. The van der Waals surface area contributed by atoms with Crippen LogP contribution in [0, 0.1) is 5.92 Å². The Balaban J connectivity index is 1.97. The number of benzene rings is 1. The molecule has 0 saturated heterocycles. The van der Waals surface area contributed by atoms with Crippen LogP contribution in [0.2, 0.25) is 0 Å². The third-order valence-electron chi connectivity index (χ3n) is 5.71. The number of ether oxygens (including phenoxy) is 1. The first-order chi connectivity index (χ1) is 11.9. The van der Waals surface area contributed by atoms with E-state index in [2.05, 4.69) is 6.92 Å². The van der Waals surface area contributed by atoms with E-state index in [1.165, 1.54) is 0 Å². The molecule has 0 amide bonds. The number of fused-ring (bicyclic) bond motifs is 3. The fourth-order valence-electron chi connectivity index (χ4n) is 4.31. The van der Waals surface area contributed by atoms with E-state index in [9.17, 15) is 15.0 Å². The lowest BCUT2D eigenvalue weighted by molar-refractivity contribution is -0.0604. The minimum atomic E-state index is -0.618. The Labute approximate surface area is 149 Å². The second-order valence-electron chi connectivity index (χ2n) is 7.81. The molecular formula is C21H28O4. The highest BCUT2D eigenvalue weighted by Gasteiger charge is 2.47. The van der Waals surface area contributed by atoms with E-state index in [4.69, 9.17) is 4.74 Å². The lowest BCUT2D eigenvalue weighted by Gasteiger charge is -2.41. The van der Waals surface area contributed by atoms with E-state index in [-0.39, 0.29) is 17.6 Å². The molecular weight excluding hydrogens is 316 g/mol. The standard InChI is InChI=1S/C21H28O4/c1-4-5-6-7-18(24)19-11-14-16(21(2,3)25-19)10-13-8-9-17(23)15(12-22)20(13)14/h8-9,11-12,14,16,18,23-24H,4-7,10H2,1-3H3. The minimum Gasteiger partial charge on any atom is -0.507 e. The second kappa shape index (κ2) is 6.83. The molecule has 0 aromatic heterocycles. The van der Waals surface area contributed by atoms with Gasteiger partial charge in [0.25, 0.3) is 0 Å². The Morgan fingerprint density at radius 1 is 1.36 bits per heavy atom. The monoisotopic (exact) mass is 344 g/mol. The average Bonchev–Trinajstić information content (AvgIpc) is 2.94. The number of aldehydes is 1. The SMILES string of the molecule is CCCCCC(O)C1=CC2c3c(ccc(O)c3C=O)CC2C(C)(C)O1. The molecule has 0 fully saturated rings. The van der Waals surface area contributed by atoms with Gasteiger partial charge in [0.2, 0.25) is 0 Å². The normalized spacial score (nSPS) is 24.7. The Morgan fingerprint density at radius 3 is 2.80 bits per heavy atom. The maximum atomic E-state index is 11.6. The number of phenolic OH excluding ortho intramolecular Hbond substituents is 1. The molecule has 3 rings (SSSR count). The van der Waals surface area contributed by atoms with Crippen LogP contribution >= 0.6 is 0 Å². The van der Waals surface area contributed by atoms with Crippen molar-refractivity contribution in [3.63, 3.8) is 0 Å². The summed E-state index contributed by atoms with van der Waals surface area (Å²) in [5, 5.41) is 20.7. The van der Waals surface area contributed by atoms with Gasteiger partial charge in [-0.25, -0.2) is 0 Å². The van der Waals surface area contributed by atoms with Gasteiger partial charge in [-0.3, -0.25) is 4.79 Å². The number of carbonyl (C=O) groups excluding carboxylic acids is 1. The summed E-state index contributed by atoms with van der Waals surface area (Å²) in [5.41, 5.74) is 1.92. The summed E-state index contributed by atoms with van der Waals surface area (Å²) in [4.78, 5) is 11.6. The van der Waals surface area contributed by atoms with Crippen LogP contribution in [0.4, 0.5) is 0 Å². The third kappa shape index (κ3) is 3.20. The van der Waals surface area contributed by atoms with Gasteiger partial charge >= 0.3 is 0 Å². The number of hydrogen-bond acceptors (Lipinski definition) is 4. The molecule has 1 aromatic rings. The van der Waals surface area contributed by atoms with Crippen LogP contribution in [-0.4, -0.2) is 28.2 Å². The van der Waals surface area contributed by atoms with Crippen molar-refractivity contribution in [2.24, 2.45) is 5.92 Å². The van der Waals surface area contributed by atoms with Crippen molar-refractivity contribution in [2.45, 2.75) is 70.5 Å². The Hall–Kier alpha value is -1.81. The van der Waals surface area contributed by atoms with Gasteiger partial charge in [0, 0.05) is 11.8 Å². The van der Waals surface area contributed by atoms with Crippen LogP contribution in [0.3, 0.4) is 0 Å². The number of hydrogen-bond donors (Lipinski definition) is 2. The molecule has 2 N–H and O–H groups in total. The van der Waals surface area contributed by atoms with Crippen molar-refractivity contribution in [3.05, 3.63) is 40.7 Å². The molecule has 1 aliphatic carbocycles. The summed E-state index contributed by atoms with van der Waals surface area (Å²) in [6.07, 6.45) is 6.75. The first-order valence-electron chi connectivity index (χ1n) is 9.27. The van der Waals surface area contributed by atoms with Gasteiger partial charge < -0.3 is 14.9 Å². The molecule has 0 spiro atoms. The summed E-state index contributed by atoms with van der Waals surface area (Å²) >= 11 is 0. The van der Waals surface area contributed by atoms with E-state index < -0.39 is 11.7 Å². The van der Waals surface area contributed by atoms with Gasteiger partial charge in [-0.05, 0) is 50.0 Å². The Bertz CT molecular complexity index is 689. The van der Waals surface area contributed by atoms with Crippen LogP contribution in [-0.2, 0) is 11.2 Å². The van der Waals surface area contributed by atoms with Gasteiger partial charge in [0.1, 0.15) is 23.2 Å². The fourth-order valence-corrected chi connectivity index (χ4v) is 4.31. The summed E-state index contributed by atoms with van der Waals surface area (Å²) in [5.74, 6) is 0.809. The van der Waals surface area contributed by atoms with E-state index in [1.54, 1.807) is 6.07 Å². The molecule has 136 valence electrons. The lowest BCUT2D eigenvalue weighted by Crippen LogP contribution is -2.41. The van der Waals surface area contributed by atoms with Gasteiger partial charge in [0.15, 0.2) is 6.29 Å². The van der Waals surface area contributed by atoms with E-state index in [0.717, 1.165) is 43.1 Å². The highest BCUT2D eigenvalue weighted by molar-refractivity contribution is 5.83. The summed E-state index contributed by atoms with van der Waals surface area (Å²) in [7, 11) is 0. The van der Waals surface area contributed by atoms with Gasteiger partial charge in [-0.1, -0.05) is 32.3 Å². The number of phenols is 1. The third-order valence-corrected chi connectivity index (χ3v) is 5.71. The topological polar surface area (TPSA) is 66.8 Å². The molecule has 1 aliphatic heterocycles. The van der Waals surface area contributed by atoms with Crippen LogP contribution in [0.15, 0.2) is 24.0 Å². The lowest BCUT2D eigenvalue weighted by atomic mass is 9.77. The van der Waals surface area contributed by atoms with Crippen LogP contribution in [0.5, 0.6) is 5.75 Å². The maximum Gasteiger partial charge on any atom is 0.154 e. The highest BCUT2D eigenvalue weighted by Crippen LogP contribution is 2.51. The van der Waals surface area contributed by atoms with Gasteiger partial charge in [-0.2, -0.15) is 0 Å². The van der Waals surface area contributed by atoms with E-state index >= 15 is 0 Å². The molecule has 1 heterocycles. The molecule has 0 radical (unpaired) electrons. The van der Waals surface area contributed by atoms with Gasteiger partial charge in [0.05, 0.1) is 5.56 Å². The molecule has 25 heavy (non-hydrogen) atoms. The number of rotatable bonds is 6. The summed E-state index contributed by atoms with van der Waals surface area (Å²) < 4.78 is 6.18. The van der Waals surface area contributed by atoms with Crippen LogP contribution < -0.4 is 0 Å². The zero-order chi connectivity index (χ0) is 18.2. The molecule has 1 aromatic carbocycles. The minimum absolute atomic E-state index is 0.0122. The number of aromatic hydroxyl groups is 1. The van der Waals surface area contributed by atoms with Crippen molar-refractivity contribution in [3.8, 4) is 5.75 Å². The van der Waals surface area contributed by atoms with E-state index in [1.807, 2.05) is 26.0 Å². The zero-order valence-corrected chi connectivity index (χ0v) is 15.3. The van der Waals surface area contributed by atoms with Crippen molar-refractivity contribution in [2.75, 3.05) is 0 Å². The summed E-state index contributed by atoms with van der Waals surface area (Å²) in [6.45, 7) is 6.23. The number of unbranched alkanes of at least 4 members (excludes halogenated alkanes) is 2. The molecule has 0 saturated carbocycles. The van der Waals surface area contributed by atoms with Crippen molar-refractivity contribution >= 4 is 6.29 Å². The molecule has 0 bridgehead atoms.